The molecule has 0 amide bonds. The average molecular weight is 746 g/mol. The van der Waals surface area contributed by atoms with Crippen molar-refractivity contribution >= 4 is 11.0 Å². The quantitative estimate of drug-likeness (QED) is 0.184. The third-order valence-corrected chi connectivity index (χ3v) is 11.2. The van der Waals surface area contributed by atoms with Crippen molar-refractivity contribution in [2.24, 2.45) is 0 Å². The third-order valence-electron chi connectivity index (χ3n) is 11.2. The minimum absolute atomic E-state index is 0.0937. The molecule has 0 bridgehead atoms. The summed E-state index contributed by atoms with van der Waals surface area (Å²) in [6.07, 6.45) is 1.92. The molecular formula is C53H51N3O. The van der Waals surface area contributed by atoms with Gasteiger partial charge in [-0.05, 0) is 136 Å². The van der Waals surface area contributed by atoms with E-state index in [0.717, 1.165) is 61.4 Å². The van der Waals surface area contributed by atoms with Gasteiger partial charge < -0.3 is 5.11 Å². The van der Waals surface area contributed by atoms with E-state index in [0.29, 0.717) is 11.4 Å². The lowest BCUT2D eigenvalue weighted by atomic mass is 9.83. The predicted octanol–water partition coefficient (Wildman–Crippen LogP) is 14.0. The molecule has 2 heterocycles. The number of hydrogen-bond donors (Lipinski definition) is 1. The number of hydrogen-bond acceptors (Lipinski definition) is 3. The van der Waals surface area contributed by atoms with Crippen molar-refractivity contribution in [3.63, 3.8) is 0 Å². The van der Waals surface area contributed by atoms with Crippen LogP contribution in [-0.2, 0) is 10.8 Å². The van der Waals surface area contributed by atoms with Crippen LogP contribution in [0.15, 0.2) is 140 Å². The van der Waals surface area contributed by atoms with Crippen LogP contribution in [0.25, 0.3) is 72.7 Å². The van der Waals surface area contributed by atoms with Crippen LogP contribution in [0.1, 0.15) is 69.4 Å². The molecule has 0 aliphatic heterocycles. The summed E-state index contributed by atoms with van der Waals surface area (Å²) in [6.45, 7) is 19.7. The fourth-order valence-electron chi connectivity index (χ4n) is 7.93. The Bertz CT molecular complexity index is 2780. The highest BCUT2D eigenvalue weighted by atomic mass is 16.3. The predicted molar refractivity (Wildman–Crippen MR) is 239 cm³/mol. The number of aromatic hydroxyl groups is 1. The maximum Gasteiger partial charge on any atom is 0.149 e. The van der Waals surface area contributed by atoms with E-state index in [1.165, 1.54) is 27.8 Å². The first kappa shape index (κ1) is 37.7. The average Bonchev–Trinajstić information content (AvgIpc) is 3.58. The number of phenolic OH excluding ortho intramolecular Hbond substituents is 1. The van der Waals surface area contributed by atoms with Gasteiger partial charge in [0.15, 0.2) is 0 Å². The number of aryl methyl sites for hydroxylation is 3. The SMILES string of the molecule is Cc1cc(C)c(O)c(-c2nc3c(-c4cc(-c5cc(-c6ccc(C(C)(C)C)cc6)ccn5)cc(C(C)(C)C)c4)cccc3n2-c2ccc(-c3ccccc3)c(C)c2)c1. The van der Waals surface area contributed by atoms with Crippen molar-refractivity contribution in [1.82, 2.24) is 14.5 Å². The molecule has 0 unspecified atom stereocenters. The molecule has 4 heteroatoms. The summed E-state index contributed by atoms with van der Waals surface area (Å²) in [5, 5.41) is 11.6. The lowest BCUT2D eigenvalue weighted by molar-refractivity contribution is 0.472. The van der Waals surface area contributed by atoms with Gasteiger partial charge in [0.1, 0.15) is 11.6 Å². The van der Waals surface area contributed by atoms with Gasteiger partial charge >= 0.3 is 0 Å². The largest absolute Gasteiger partial charge is 0.507 e. The van der Waals surface area contributed by atoms with E-state index in [-0.39, 0.29) is 16.6 Å². The summed E-state index contributed by atoms with van der Waals surface area (Å²) >= 11 is 0. The lowest BCUT2D eigenvalue weighted by Crippen LogP contribution is -2.11. The Labute approximate surface area is 337 Å². The number of fused-ring (bicyclic) bond motifs is 1. The van der Waals surface area contributed by atoms with Crippen LogP contribution in [0.2, 0.25) is 0 Å². The first-order valence-corrected chi connectivity index (χ1v) is 19.9. The van der Waals surface area contributed by atoms with E-state index in [9.17, 15) is 5.11 Å². The fraction of sp³-hybridized carbons (Fsp3) is 0.208. The highest BCUT2D eigenvalue weighted by Gasteiger charge is 2.23. The lowest BCUT2D eigenvalue weighted by Gasteiger charge is -2.22. The van der Waals surface area contributed by atoms with Gasteiger partial charge in [-0.1, -0.05) is 126 Å². The van der Waals surface area contributed by atoms with Gasteiger partial charge in [-0.2, -0.15) is 0 Å². The molecule has 0 spiro atoms. The number of imidazole rings is 1. The molecule has 1 N–H and O–H groups in total. The molecule has 6 aromatic carbocycles. The van der Waals surface area contributed by atoms with Crippen LogP contribution >= 0.6 is 0 Å². The minimum atomic E-state index is -0.119. The van der Waals surface area contributed by atoms with Gasteiger partial charge in [0.2, 0.25) is 0 Å². The molecule has 4 nitrogen and oxygen atoms in total. The number of nitrogens with zero attached hydrogens (tertiary/aromatic N) is 3. The maximum absolute atomic E-state index is 11.6. The van der Waals surface area contributed by atoms with E-state index in [2.05, 4.69) is 175 Å². The molecule has 0 aliphatic rings. The van der Waals surface area contributed by atoms with E-state index in [1.54, 1.807) is 0 Å². The number of pyridine rings is 1. The van der Waals surface area contributed by atoms with Gasteiger partial charge in [0.05, 0.1) is 22.3 Å². The summed E-state index contributed by atoms with van der Waals surface area (Å²) in [7, 11) is 0. The third kappa shape index (κ3) is 7.29. The van der Waals surface area contributed by atoms with Crippen molar-refractivity contribution in [2.75, 3.05) is 0 Å². The van der Waals surface area contributed by atoms with E-state index in [1.807, 2.05) is 31.3 Å². The van der Waals surface area contributed by atoms with Crippen molar-refractivity contribution in [3.8, 4) is 67.5 Å². The number of phenols is 1. The molecule has 57 heavy (non-hydrogen) atoms. The maximum atomic E-state index is 11.6. The molecule has 2 aromatic heterocycles. The topological polar surface area (TPSA) is 50.9 Å². The molecule has 0 saturated carbocycles. The molecule has 0 saturated heterocycles. The van der Waals surface area contributed by atoms with Gasteiger partial charge in [0.25, 0.3) is 0 Å². The van der Waals surface area contributed by atoms with Gasteiger partial charge in [-0.15, -0.1) is 0 Å². The fourth-order valence-corrected chi connectivity index (χ4v) is 7.93. The van der Waals surface area contributed by atoms with Crippen LogP contribution in [0.5, 0.6) is 5.75 Å². The standard InChI is InChI=1S/C53H51N3O/c1-33-26-35(3)50(57)46(27-33)51-55-49-45(16-13-17-48(49)56(51)43-22-23-44(34(2)28-43)37-14-11-10-12-15-37)39-29-40(31-42(30-39)53(7,8)9)47-32-38(24-25-54-47)36-18-20-41(21-19-36)52(4,5)6/h10-32,57H,1-9H3. The first-order chi connectivity index (χ1) is 27.2. The molecule has 0 atom stereocenters. The molecule has 0 fully saturated rings. The van der Waals surface area contributed by atoms with Crippen LogP contribution in [0.4, 0.5) is 0 Å². The van der Waals surface area contributed by atoms with Crippen LogP contribution in [-0.4, -0.2) is 19.6 Å². The van der Waals surface area contributed by atoms with Crippen LogP contribution in [0.3, 0.4) is 0 Å². The Morgan fingerprint density at radius 2 is 1.23 bits per heavy atom. The van der Waals surface area contributed by atoms with Crippen molar-refractivity contribution in [3.05, 3.63) is 167 Å². The summed E-state index contributed by atoms with van der Waals surface area (Å²) < 4.78 is 2.21. The number of aromatic nitrogens is 3. The molecule has 8 aromatic rings. The van der Waals surface area contributed by atoms with Gasteiger partial charge in [-0.3, -0.25) is 9.55 Å². The Kier molecular flexibility index (Phi) is 9.48. The van der Waals surface area contributed by atoms with E-state index >= 15 is 0 Å². The smallest absolute Gasteiger partial charge is 0.149 e. The summed E-state index contributed by atoms with van der Waals surface area (Å²) in [5.74, 6) is 0.944. The zero-order valence-corrected chi connectivity index (χ0v) is 34.6. The van der Waals surface area contributed by atoms with E-state index in [4.69, 9.17) is 9.97 Å². The van der Waals surface area contributed by atoms with E-state index < -0.39 is 0 Å². The second kappa shape index (κ2) is 14.4. The van der Waals surface area contributed by atoms with Crippen LogP contribution < -0.4 is 0 Å². The molecule has 0 aliphatic carbocycles. The zero-order valence-electron chi connectivity index (χ0n) is 34.6. The Balaban J connectivity index is 1.32. The second-order valence-corrected chi connectivity index (χ2v) is 17.6. The van der Waals surface area contributed by atoms with Crippen molar-refractivity contribution in [2.45, 2.75) is 73.1 Å². The molecule has 0 radical (unpaired) electrons. The summed E-state index contributed by atoms with van der Waals surface area (Å²) in [4.78, 5) is 10.4. The highest BCUT2D eigenvalue weighted by molar-refractivity contribution is 5.97. The molecular weight excluding hydrogens is 695 g/mol. The molecule has 284 valence electrons. The normalized spacial score (nSPS) is 12.0. The first-order valence-electron chi connectivity index (χ1n) is 19.9. The Morgan fingerprint density at radius 3 is 1.93 bits per heavy atom. The number of rotatable bonds is 6. The van der Waals surface area contributed by atoms with Crippen molar-refractivity contribution < 1.29 is 5.11 Å². The molecule has 8 rings (SSSR count). The highest BCUT2D eigenvalue weighted by Crippen LogP contribution is 2.41. The summed E-state index contributed by atoms with van der Waals surface area (Å²) in [6, 6.07) is 47.6. The number of benzene rings is 6. The monoisotopic (exact) mass is 745 g/mol. The number of para-hydroxylation sites is 1. The minimum Gasteiger partial charge on any atom is -0.507 e. The van der Waals surface area contributed by atoms with Gasteiger partial charge in [-0.25, -0.2) is 4.98 Å². The second-order valence-electron chi connectivity index (χ2n) is 17.6. The Morgan fingerprint density at radius 1 is 0.509 bits per heavy atom. The summed E-state index contributed by atoms with van der Waals surface area (Å²) in [5.41, 5.74) is 17.8. The van der Waals surface area contributed by atoms with Crippen LogP contribution in [0, 0.1) is 20.8 Å². The van der Waals surface area contributed by atoms with Crippen molar-refractivity contribution in [1.29, 1.82) is 0 Å². The Hall–Kier alpha value is -6.26. The zero-order chi connectivity index (χ0) is 40.2. The van der Waals surface area contributed by atoms with Gasteiger partial charge in [0, 0.05) is 23.0 Å².